The number of methoxy groups -OCH3 is 1. The summed E-state index contributed by atoms with van der Waals surface area (Å²) in [6, 6.07) is 6.90. The van der Waals surface area contributed by atoms with E-state index in [1.807, 2.05) is 4.90 Å². The van der Waals surface area contributed by atoms with Gasteiger partial charge in [0.25, 0.3) is 5.56 Å². The predicted octanol–water partition coefficient (Wildman–Crippen LogP) is 2.82. The van der Waals surface area contributed by atoms with Crippen molar-refractivity contribution in [3.63, 3.8) is 0 Å². The molecule has 2 aromatic heterocycles. The van der Waals surface area contributed by atoms with Gasteiger partial charge in [0, 0.05) is 23.4 Å². The molecule has 7 nitrogen and oxygen atoms in total. The Morgan fingerprint density at radius 1 is 1.23 bits per heavy atom. The highest BCUT2D eigenvalue weighted by Gasteiger charge is 2.31. The average molecular weight is 426 g/mol. The van der Waals surface area contributed by atoms with Crippen LogP contribution in [0, 0.1) is 5.92 Å². The number of benzene rings is 1. The van der Waals surface area contributed by atoms with Gasteiger partial charge in [0.1, 0.15) is 10.6 Å². The molecule has 8 heteroatoms. The maximum Gasteiger partial charge on any atom is 0.334 e. The lowest BCUT2D eigenvalue weighted by Gasteiger charge is -2.29. The SMILES string of the molecule is COc1cccc(-n2c(=O)[nH]c3sc4c(c3c2=O)CCN(C(=O)C2CCCC2)C4)c1. The Labute approximate surface area is 176 Å². The van der Waals surface area contributed by atoms with Gasteiger partial charge in [-0.3, -0.25) is 14.6 Å². The number of nitrogens with one attached hydrogen (secondary N) is 1. The van der Waals surface area contributed by atoms with E-state index in [1.165, 1.54) is 11.3 Å². The first kappa shape index (κ1) is 19.1. The Bertz CT molecular complexity index is 1250. The Morgan fingerprint density at radius 2 is 2.03 bits per heavy atom. The molecule has 30 heavy (non-hydrogen) atoms. The van der Waals surface area contributed by atoms with E-state index >= 15 is 0 Å². The summed E-state index contributed by atoms with van der Waals surface area (Å²) in [5.41, 5.74) is 0.632. The second kappa shape index (κ2) is 7.43. The third-order valence-electron chi connectivity index (χ3n) is 6.22. The number of ether oxygens (including phenoxy) is 1. The number of aromatic nitrogens is 2. The van der Waals surface area contributed by atoms with Gasteiger partial charge in [-0.2, -0.15) is 0 Å². The largest absolute Gasteiger partial charge is 0.497 e. The van der Waals surface area contributed by atoms with E-state index in [1.54, 1.807) is 31.4 Å². The molecular formula is C22H23N3O4S. The lowest BCUT2D eigenvalue weighted by molar-refractivity contribution is -0.136. The number of aromatic amines is 1. The second-order valence-corrected chi connectivity index (χ2v) is 9.08. The lowest BCUT2D eigenvalue weighted by Crippen LogP contribution is -2.39. The average Bonchev–Trinajstić information content (AvgIpc) is 3.40. The van der Waals surface area contributed by atoms with Crippen LogP contribution in [0.15, 0.2) is 33.9 Å². The van der Waals surface area contributed by atoms with Crippen molar-refractivity contribution < 1.29 is 9.53 Å². The number of thiophene rings is 1. The molecule has 5 rings (SSSR count). The lowest BCUT2D eigenvalue weighted by atomic mass is 10.0. The van der Waals surface area contributed by atoms with Gasteiger partial charge in [0.2, 0.25) is 5.91 Å². The van der Waals surface area contributed by atoms with Crippen molar-refractivity contribution in [2.75, 3.05) is 13.7 Å². The summed E-state index contributed by atoms with van der Waals surface area (Å²) in [5, 5.41) is 0.561. The number of fused-ring (bicyclic) bond motifs is 3. The van der Waals surface area contributed by atoms with Crippen LogP contribution in [-0.4, -0.2) is 34.0 Å². The van der Waals surface area contributed by atoms with E-state index in [0.717, 1.165) is 40.7 Å². The Hall–Kier alpha value is -2.87. The molecule has 1 aliphatic heterocycles. The van der Waals surface area contributed by atoms with Crippen LogP contribution in [0.5, 0.6) is 5.75 Å². The fraction of sp³-hybridized carbons (Fsp3) is 0.409. The molecule has 0 saturated heterocycles. The minimum Gasteiger partial charge on any atom is -0.497 e. The topological polar surface area (TPSA) is 84.4 Å². The van der Waals surface area contributed by atoms with Gasteiger partial charge in [-0.15, -0.1) is 11.3 Å². The van der Waals surface area contributed by atoms with E-state index < -0.39 is 5.69 Å². The normalized spacial score (nSPS) is 16.8. The number of carbonyl (C=O) groups is 1. The number of H-pyrrole nitrogens is 1. The first-order valence-corrected chi connectivity index (χ1v) is 11.1. The molecule has 0 radical (unpaired) electrons. The quantitative estimate of drug-likeness (QED) is 0.699. The van der Waals surface area contributed by atoms with Gasteiger partial charge >= 0.3 is 5.69 Å². The van der Waals surface area contributed by atoms with Gasteiger partial charge in [-0.05, 0) is 37.0 Å². The van der Waals surface area contributed by atoms with Crippen molar-refractivity contribution in [3.8, 4) is 11.4 Å². The first-order chi connectivity index (χ1) is 14.6. The zero-order valence-electron chi connectivity index (χ0n) is 16.8. The predicted molar refractivity (Wildman–Crippen MR) is 116 cm³/mol. The smallest absolute Gasteiger partial charge is 0.334 e. The first-order valence-electron chi connectivity index (χ1n) is 10.3. The van der Waals surface area contributed by atoms with Crippen LogP contribution in [0.2, 0.25) is 0 Å². The fourth-order valence-corrected chi connectivity index (χ4v) is 5.92. The van der Waals surface area contributed by atoms with Crippen LogP contribution in [-0.2, 0) is 17.8 Å². The van der Waals surface area contributed by atoms with Crippen molar-refractivity contribution in [2.24, 2.45) is 5.92 Å². The van der Waals surface area contributed by atoms with Crippen molar-refractivity contribution in [1.29, 1.82) is 0 Å². The highest BCUT2D eigenvalue weighted by atomic mass is 32.1. The molecule has 0 spiro atoms. The Kier molecular flexibility index (Phi) is 4.73. The number of hydrogen-bond acceptors (Lipinski definition) is 5. The molecule has 0 atom stereocenters. The summed E-state index contributed by atoms with van der Waals surface area (Å²) in [7, 11) is 1.54. The second-order valence-electron chi connectivity index (χ2n) is 7.97. The van der Waals surface area contributed by atoms with Crippen molar-refractivity contribution in [3.05, 3.63) is 55.5 Å². The van der Waals surface area contributed by atoms with E-state index in [0.29, 0.717) is 41.2 Å². The summed E-state index contributed by atoms with van der Waals surface area (Å²) in [6.07, 6.45) is 4.85. The van der Waals surface area contributed by atoms with E-state index in [-0.39, 0.29) is 17.4 Å². The molecule has 0 unspecified atom stereocenters. The van der Waals surface area contributed by atoms with E-state index in [2.05, 4.69) is 4.98 Å². The zero-order chi connectivity index (χ0) is 20.8. The summed E-state index contributed by atoms with van der Waals surface area (Å²) >= 11 is 1.42. The fourth-order valence-electron chi connectivity index (χ4n) is 4.68. The molecule has 156 valence electrons. The molecule has 3 aromatic rings. The maximum absolute atomic E-state index is 13.3. The van der Waals surface area contributed by atoms with Crippen LogP contribution in [0.4, 0.5) is 0 Å². The van der Waals surface area contributed by atoms with Gasteiger partial charge < -0.3 is 9.64 Å². The van der Waals surface area contributed by atoms with Crippen LogP contribution in [0.1, 0.15) is 36.1 Å². The van der Waals surface area contributed by atoms with Crippen molar-refractivity contribution in [2.45, 2.75) is 38.6 Å². The number of hydrogen-bond donors (Lipinski definition) is 1. The van der Waals surface area contributed by atoms with Gasteiger partial charge in [-0.1, -0.05) is 18.9 Å². The maximum atomic E-state index is 13.3. The molecule has 1 aliphatic carbocycles. The molecule has 2 aliphatic rings. The third kappa shape index (κ3) is 3.06. The summed E-state index contributed by atoms with van der Waals surface area (Å²) < 4.78 is 6.39. The molecule has 1 aromatic carbocycles. The highest BCUT2D eigenvalue weighted by Crippen LogP contribution is 2.34. The summed E-state index contributed by atoms with van der Waals surface area (Å²) in [5.74, 6) is 0.955. The molecule has 1 saturated carbocycles. The monoisotopic (exact) mass is 425 g/mol. The van der Waals surface area contributed by atoms with Gasteiger partial charge in [0.15, 0.2) is 0 Å². The number of amides is 1. The van der Waals surface area contributed by atoms with E-state index in [4.69, 9.17) is 4.74 Å². The van der Waals surface area contributed by atoms with Crippen LogP contribution in [0.25, 0.3) is 15.9 Å². The minimum absolute atomic E-state index is 0.144. The molecule has 0 bridgehead atoms. The van der Waals surface area contributed by atoms with Crippen molar-refractivity contribution >= 4 is 27.5 Å². The van der Waals surface area contributed by atoms with Gasteiger partial charge in [-0.25, -0.2) is 9.36 Å². The summed E-state index contributed by atoms with van der Waals surface area (Å²) in [6.45, 7) is 1.14. The van der Waals surface area contributed by atoms with Crippen molar-refractivity contribution in [1.82, 2.24) is 14.5 Å². The zero-order valence-corrected chi connectivity index (χ0v) is 17.6. The standard InChI is InChI=1S/C22H23N3O4S/c1-29-15-8-4-7-14(11-15)25-21(27)18-16-9-10-24(20(26)13-5-2-3-6-13)12-17(16)30-19(18)23-22(25)28/h4,7-8,11,13H,2-3,5-6,9-10,12H2,1H3,(H,23,28). The minimum atomic E-state index is -0.474. The molecule has 1 amide bonds. The molecule has 3 heterocycles. The Balaban J connectivity index is 1.56. The van der Waals surface area contributed by atoms with Crippen LogP contribution in [0.3, 0.4) is 0 Å². The van der Waals surface area contributed by atoms with Crippen LogP contribution >= 0.6 is 11.3 Å². The number of nitrogens with zero attached hydrogens (tertiary/aromatic N) is 2. The molecule has 1 N–H and O–H groups in total. The molecular weight excluding hydrogens is 402 g/mol. The highest BCUT2D eigenvalue weighted by molar-refractivity contribution is 7.18. The van der Waals surface area contributed by atoms with E-state index in [9.17, 15) is 14.4 Å². The van der Waals surface area contributed by atoms with Gasteiger partial charge in [0.05, 0.1) is 24.7 Å². The summed E-state index contributed by atoms with van der Waals surface area (Å²) in [4.78, 5) is 45.3. The molecule has 1 fully saturated rings. The third-order valence-corrected chi connectivity index (χ3v) is 7.36. The Morgan fingerprint density at radius 3 is 2.80 bits per heavy atom. The number of carbonyl (C=O) groups excluding carboxylic acids is 1. The number of rotatable bonds is 3. The van der Waals surface area contributed by atoms with Crippen LogP contribution < -0.4 is 16.0 Å².